The Morgan fingerprint density at radius 1 is 1.04 bits per heavy atom. The molecule has 5 nitrogen and oxygen atoms in total. The van der Waals surface area contributed by atoms with Crippen molar-refractivity contribution < 1.29 is 24.2 Å². The number of carboxylic acid groups (broad SMARTS) is 1. The molecule has 1 aromatic carbocycles. The maximum Gasteiger partial charge on any atom is 0.328 e. The quantitative estimate of drug-likeness (QED) is 0.216. The molecule has 0 unspecified atom stereocenters. The number of benzene rings is 1. The molecule has 0 spiro atoms. The number of esters is 1. The summed E-state index contributed by atoms with van der Waals surface area (Å²) < 4.78 is 11.1. The van der Waals surface area contributed by atoms with E-state index in [0.717, 1.165) is 55.7 Å². The summed E-state index contributed by atoms with van der Waals surface area (Å²) in [5.74, 6) is -0.362. The van der Waals surface area contributed by atoms with Gasteiger partial charge in [0, 0.05) is 18.1 Å². The van der Waals surface area contributed by atoms with Crippen LogP contribution in [-0.4, -0.2) is 24.2 Å². The number of unbranched alkanes of at least 4 members (excludes halogenated alkanes) is 5. The Kier molecular flexibility index (Phi) is 10.9. The SMILES string of the molecule is CCCCCCCC(=O)Oc1ccc(C=CC(=O)O)c(CCCC)c1OC. The Labute approximate surface area is 162 Å². The van der Waals surface area contributed by atoms with Crippen LogP contribution in [0.25, 0.3) is 6.08 Å². The van der Waals surface area contributed by atoms with Gasteiger partial charge in [0.05, 0.1) is 7.11 Å². The minimum atomic E-state index is -1.01. The molecule has 0 aliphatic rings. The monoisotopic (exact) mass is 376 g/mol. The van der Waals surface area contributed by atoms with Gasteiger partial charge < -0.3 is 14.6 Å². The Hall–Kier alpha value is -2.30. The molecule has 5 heteroatoms. The fourth-order valence-electron chi connectivity index (χ4n) is 2.90. The van der Waals surface area contributed by atoms with Crippen molar-refractivity contribution in [3.63, 3.8) is 0 Å². The molecule has 150 valence electrons. The molecule has 0 aliphatic heterocycles. The predicted octanol–water partition coefficient (Wildman–Crippen LogP) is 5.40. The largest absolute Gasteiger partial charge is 0.493 e. The number of carbonyl (C=O) groups is 2. The van der Waals surface area contributed by atoms with Gasteiger partial charge in [-0.25, -0.2) is 4.79 Å². The molecule has 1 rings (SSSR count). The average Bonchev–Trinajstić information content (AvgIpc) is 2.64. The molecule has 0 heterocycles. The van der Waals surface area contributed by atoms with Gasteiger partial charge in [0.2, 0.25) is 0 Å². The molecular formula is C22H32O5. The minimum Gasteiger partial charge on any atom is -0.493 e. The molecular weight excluding hydrogens is 344 g/mol. The Morgan fingerprint density at radius 2 is 1.74 bits per heavy atom. The van der Waals surface area contributed by atoms with Crippen LogP contribution in [0.2, 0.25) is 0 Å². The lowest BCUT2D eigenvalue weighted by Crippen LogP contribution is -2.09. The van der Waals surface area contributed by atoms with E-state index in [2.05, 4.69) is 13.8 Å². The van der Waals surface area contributed by atoms with Gasteiger partial charge in [0.25, 0.3) is 0 Å². The number of carboxylic acids is 1. The lowest BCUT2D eigenvalue weighted by molar-refractivity contribution is -0.134. The van der Waals surface area contributed by atoms with Crippen LogP contribution < -0.4 is 9.47 Å². The predicted molar refractivity (Wildman–Crippen MR) is 107 cm³/mol. The van der Waals surface area contributed by atoms with Gasteiger partial charge >= 0.3 is 11.9 Å². The van der Waals surface area contributed by atoms with Crippen LogP contribution >= 0.6 is 0 Å². The molecule has 0 saturated heterocycles. The third-order valence-corrected chi connectivity index (χ3v) is 4.36. The highest BCUT2D eigenvalue weighted by Gasteiger charge is 2.16. The molecule has 1 N–H and O–H groups in total. The van der Waals surface area contributed by atoms with Crippen molar-refractivity contribution in [3.05, 3.63) is 29.3 Å². The number of rotatable bonds is 13. The maximum absolute atomic E-state index is 12.2. The van der Waals surface area contributed by atoms with E-state index < -0.39 is 5.97 Å². The van der Waals surface area contributed by atoms with E-state index in [-0.39, 0.29) is 5.97 Å². The van der Waals surface area contributed by atoms with E-state index in [4.69, 9.17) is 14.6 Å². The molecule has 0 fully saturated rings. The topological polar surface area (TPSA) is 72.8 Å². The Bertz CT molecular complexity index is 634. The van der Waals surface area contributed by atoms with Crippen LogP contribution in [-0.2, 0) is 16.0 Å². The second kappa shape index (κ2) is 13.0. The molecule has 27 heavy (non-hydrogen) atoms. The van der Waals surface area contributed by atoms with Crippen LogP contribution in [0.1, 0.15) is 76.3 Å². The minimum absolute atomic E-state index is 0.264. The van der Waals surface area contributed by atoms with Gasteiger partial charge in [-0.05, 0) is 37.0 Å². The van der Waals surface area contributed by atoms with E-state index in [1.54, 1.807) is 18.2 Å². The van der Waals surface area contributed by atoms with Crippen molar-refractivity contribution in [2.45, 2.75) is 71.6 Å². The number of hydrogen-bond acceptors (Lipinski definition) is 4. The summed E-state index contributed by atoms with van der Waals surface area (Å²) in [5, 5.41) is 8.89. The summed E-state index contributed by atoms with van der Waals surface area (Å²) in [6.45, 7) is 4.24. The maximum atomic E-state index is 12.2. The van der Waals surface area contributed by atoms with Crippen molar-refractivity contribution >= 4 is 18.0 Å². The third-order valence-electron chi connectivity index (χ3n) is 4.36. The van der Waals surface area contributed by atoms with E-state index in [9.17, 15) is 9.59 Å². The van der Waals surface area contributed by atoms with Crippen molar-refractivity contribution in [1.82, 2.24) is 0 Å². The highest BCUT2D eigenvalue weighted by atomic mass is 16.6. The lowest BCUT2D eigenvalue weighted by Gasteiger charge is -2.16. The van der Waals surface area contributed by atoms with Crippen molar-refractivity contribution in [2.24, 2.45) is 0 Å². The fourth-order valence-corrected chi connectivity index (χ4v) is 2.90. The van der Waals surface area contributed by atoms with Crippen molar-refractivity contribution in [1.29, 1.82) is 0 Å². The number of carbonyl (C=O) groups excluding carboxylic acids is 1. The number of ether oxygens (including phenoxy) is 2. The zero-order valence-electron chi connectivity index (χ0n) is 16.8. The summed E-state index contributed by atoms with van der Waals surface area (Å²) in [5.41, 5.74) is 1.63. The Balaban J connectivity index is 2.92. The Morgan fingerprint density at radius 3 is 2.37 bits per heavy atom. The van der Waals surface area contributed by atoms with Gasteiger partial charge in [-0.3, -0.25) is 4.79 Å². The fraction of sp³-hybridized carbons (Fsp3) is 0.545. The second-order valence-corrected chi connectivity index (χ2v) is 6.58. The van der Waals surface area contributed by atoms with Gasteiger partial charge in [0.15, 0.2) is 11.5 Å². The third kappa shape index (κ3) is 8.29. The number of methoxy groups -OCH3 is 1. The van der Waals surface area contributed by atoms with Crippen molar-refractivity contribution in [2.75, 3.05) is 7.11 Å². The van der Waals surface area contributed by atoms with Gasteiger partial charge in [-0.15, -0.1) is 0 Å². The first kappa shape index (κ1) is 22.7. The number of hydrogen-bond donors (Lipinski definition) is 1. The molecule has 0 saturated carbocycles. The summed E-state index contributed by atoms with van der Waals surface area (Å²) in [6.07, 6.45) is 11.0. The highest BCUT2D eigenvalue weighted by Crippen LogP contribution is 2.35. The van der Waals surface area contributed by atoms with Crippen molar-refractivity contribution in [3.8, 4) is 11.5 Å². The molecule has 0 amide bonds. The molecule has 1 aromatic rings. The molecule has 0 aromatic heterocycles. The van der Waals surface area contributed by atoms with E-state index >= 15 is 0 Å². The van der Waals surface area contributed by atoms with Crippen LogP contribution in [0, 0.1) is 0 Å². The van der Waals surface area contributed by atoms with Crippen LogP contribution in [0.3, 0.4) is 0 Å². The summed E-state index contributed by atoms with van der Waals surface area (Å²) in [6, 6.07) is 3.45. The van der Waals surface area contributed by atoms with Gasteiger partial charge in [-0.2, -0.15) is 0 Å². The average molecular weight is 376 g/mol. The highest BCUT2D eigenvalue weighted by molar-refractivity contribution is 5.86. The van der Waals surface area contributed by atoms with E-state index in [1.807, 2.05) is 0 Å². The summed E-state index contributed by atoms with van der Waals surface area (Å²) in [7, 11) is 1.54. The van der Waals surface area contributed by atoms with E-state index in [0.29, 0.717) is 17.9 Å². The standard InChI is InChI=1S/C22H32O5/c1-4-6-8-9-10-12-21(25)27-19-15-13-17(14-16-20(23)24)18(11-7-5-2)22(19)26-3/h13-16H,4-12H2,1-3H3,(H,23,24). The molecule has 0 atom stereocenters. The zero-order chi connectivity index (χ0) is 20.1. The molecule has 0 radical (unpaired) electrons. The van der Waals surface area contributed by atoms with E-state index in [1.165, 1.54) is 20.0 Å². The zero-order valence-corrected chi connectivity index (χ0v) is 16.8. The van der Waals surface area contributed by atoms with Gasteiger partial charge in [0.1, 0.15) is 0 Å². The summed E-state index contributed by atoms with van der Waals surface area (Å²) >= 11 is 0. The van der Waals surface area contributed by atoms with Crippen LogP contribution in [0.15, 0.2) is 18.2 Å². The molecule has 0 aliphatic carbocycles. The van der Waals surface area contributed by atoms with Crippen LogP contribution in [0.4, 0.5) is 0 Å². The normalized spacial score (nSPS) is 10.9. The second-order valence-electron chi connectivity index (χ2n) is 6.58. The first-order chi connectivity index (χ1) is 13.0. The molecule has 0 bridgehead atoms. The lowest BCUT2D eigenvalue weighted by atomic mass is 9.99. The summed E-state index contributed by atoms with van der Waals surface area (Å²) in [4.78, 5) is 23.0. The first-order valence-corrected chi connectivity index (χ1v) is 9.85. The smallest absolute Gasteiger partial charge is 0.328 e. The first-order valence-electron chi connectivity index (χ1n) is 9.85. The van der Waals surface area contributed by atoms with Gasteiger partial charge in [-0.1, -0.05) is 52.0 Å². The number of aliphatic carboxylic acids is 1. The van der Waals surface area contributed by atoms with Crippen LogP contribution in [0.5, 0.6) is 11.5 Å².